The van der Waals surface area contributed by atoms with Gasteiger partial charge < -0.3 is 14.2 Å². The maximum absolute atomic E-state index is 13.9. The third-order valence-electron chi connectivity index (χ3n) is 4.03. The number of anilines is 1. The highest BCUT2D eigenvalue weighted by Crippen LogP contribution is 2.25. The quantitative estimate of drug-likeness (QED) is 0.566. The normalized spacial score (nSPS) is 10.9. The maximum Gasteiger partial charge on any atom is 0.292 e. The number of amides is 1. The van der Waals surface area contributed by atoms with E-state index in [2.05, 4.69) is 10.4 Å². The second-order valence-corrected chi connectivity index (χ2v) is 5.98. The number of carbonyl (C=O) groups is 1. The van der Waals surface area contributed by atoms with Crippen LogP contribution in [0.5, 0.6) is 0 Å². The maximum atomic E-state index is 13.9. The lowest BCUT2D eigenvalue weighted by Crippen LogP contribution is -2.15. The first-order valence-corrected chi connectivity index (χ1v) is 8.33. The van der Waals surface area contributed by atoms with Crippen molar-refractivity contribution in [3.05, 3.63) is 83.9 Å². The van der Waals surface area contributed by atoms with Gasteiger partial charge in [0.25, 0.3) is 5.91 Å². The zero-order valence-electron chi connectivity index (χ0n) is 14.5. The van der Waals surface area contributed by atoms with Crippen LogP contribution in [-0.2, 0) is 6.54 Å². The van der Waals surface area contributed by atoms with E-state index in [1.807, 2.05) is 19.1 Å². The molecular weight excluding hydrogens is 349 g/mol. The lowest BCUT2D eigenvalue weighted by molar-refractivity contribution is 0.0996. The predicted molar refractivity (Wildman–Crippen MR) is 96.8 cm³/mol. The summed E-state index contributed by atoms with van der Waals surface area (Å²) in [7, 11) is 0. The van der Waals surface area contributed by atoms with Gasteiger partial charge in [0, 0.05) is 6.07 Å². The van der Waals surface area contributed by atoms with E-state index in [0.29, 0.717) is 17.9 Å². The second kappa shape index (κ2) is 6.95. The van der Waals surface area contributed by atoms with Crippen LogP contribution in [0.2, 0.25) is 0 Å². The summed E-state index contributed by atoms with van der Waals surface area (Å²) in [5.41, 5.74) is 0.301. The van der Waals surface area contributed by atoms with Crippen molar-refractivity contribution in [2.75, 3.05) is 5.32 Å². The summed E-state index contributed by atoms with van der Waals surface area (Å²) in [5.74, 6) is 1.54. The van der Waals surface area contributed by atoms with Crippen molar-refractivity contribution in [2.24, 2.45) is 0 Å². The van der Waals surface area contributed by atoms with E-state index in [9.17, 15) is 9.18 Å². The molecule has 0 radical (unpaired) electrons. The first-order valence-electron chi connectivity index (χ1n) is 8.33. The van der Waals surface area contributed by atoms with E-state index in [1.54, 1.807) is 41.2 Å². The summed E-state index contributed by atoms with van der Waals surface area (Å²) in [5, 5.41) is 6.94. The van der Waals surface area contributed by atoms with Crippen LogP contribution in [0.4, 0.5) is 10.2 Å². The molecule has 0 atom stereocenters. The van der Waals surface area contributed by atoms with Crippen LogP contribution in [0.1, 0.15) is 22.1 Å². The molecule has 0 saturated carbocycles. The number of rotatable bonds is 5. The van der Waals surface area contributed by atoms with Crippen LogP contribution >= 0.6 is 0 Å². The van der Waals surface area contributed by atoms with Gasteiger partial charge in [-0.2, -0.15) is 5.10 Å². The van der Waals surface area contributed by atoms with Crippen LogP contribution in [-0.4, -0.2) is 15.7 Å². The number of nitrogens with one attached hydrogen (secondary N) is 1. The summed E-state index contributed by atoms with van der Waals surface area (Å²) in [6.45, 7) is 2.24. The summed E-state index contributed by atoms with van der Waals surface area (Å²) >= 11 is 0. The van der Waals surface area contributed by atoms with Gasteiger partial charge in [0.15, 0.2) is 5.76 Å². The molecule has 136 valence electrons. The SMILES string of the molecule is Cc1ccc(Cn2nccc2NC(=O)c2ccc(-c3ccccc3F)o2)o1. The Balaban J connectivity index is 1.51. The highest BCUT2D eigenvalue weighted by molar-refractivity contribution is 6.02. The summed E-state index contributed by atoms with van der Waals surface area (Å²) in [6.07, 6.45) is 1.58. The molecule has 3 aromatic heterocycles. The fraction of sp³-hybridized carbons (Fsp3) is 0.100. The number of carbonyl (C=O) groups excluding carboxylic acids is 1. The second-order valence-electron chi connectivity index (χ2n) is 5.98. The van der Waals surface area contributed by atoms with Gasteiger partial charge in [0.1, 0.15) is 35.5 Å². The monoisotopic (exact) mass is 365 g/mol. The molecule has 0 aliphatic carbocycles. The molecule has 1 N–H and O–H groups in total. The molecule has 0 aliphatic heterocycles. The van der Waals surface area contributed by atoms with Gasteiger partial charge in [-0.05, 0) is 43.3 Å². The molecule has 1 aromatic carbocycles. The molecule has 1 amide bonds. The smallest absolute Gasteiger partial charge is 0.292 e. The molecule has 0 bridgehead atoms. The van der Waals surface area contributed by atoms with Gasteiger partial charge >= 0.3 is 0 Å². The molecule has 0 spiro atoms. The fourth-order valence-corrected chi connectivity index (χ4v) is 2.73. The largest absolute Gasteiger partial charge is 0.464 e. The number of aryl methyl sites for hydroxylation is 1. The molecule has 4 rings (SSSR count). The van der Waals surface area contributed by atoms with Gasteiger partial charge in [-0.15, -0.1) is 0 Å². The summed E-state index contributed by atoms with van der Waals surface area (Å²) < 4.78 is 26.5. The van der Waals surface area contributed by atoms with Crippen LogP contribution in [0.15, 0.2) is 69.6 Å². The zero-order chi connectivity index (χ0) is 18.8. The van der Waals surface area contributed by atoms with Crippen molar-refractivity contribution in [2.45, 2.75) is 13.5 Å². The molecule has 27 heavy (non-hydrogen) atoms. The first-order chi connectivity index (χ1) is 13.1. The van der Waals surface area contributed by atoms with Crippen LogP contribution in [0.3, 0.4) is 0 Å². The number of benzene rings is 1. The van der Waals surface area contributed by atoms with E-state index < -0.39 is 11.7 Å². The third-order valence-corrected chi connectivity index (χ3v) is 4.03. The molecule has 4 aromatic rings. The molecule has 3 heterocycles. The number of aromatic nitrogens is 2. The molecule has 0 unspecified atom stereocenters. The minimum absolute atomic E-state index is 0.0786. The zero-order valence-corrected chi connectivity index (χ0v) is 14.5. The van der Waals surface area contributed by atoms with Crippen LogP contribution < -0.4 is 5.32 Å². The number of furan rings is 2. The van der Waals surface area contributed by atoms with E-state index >= 15 is 0 Å². The Bertz CT molecular complexity index is 1090. The standard InChI is InChI=1S/C20H16FN3O3/c1-13-6-7-14(26-13)12-24-19(10-11-22-24)23-20(25)18-9-8-17(27-18)15-4-2-3-5-16(15)21/h2-11H,12H2,1H3,(H,23,25). The Morgan fingerprint density at radius 3 is 2.74 bits per heavy atom. The molecule has 6 nitrogen and oxygen atoms in total. The highest BCUT2D eigenvalue weighted by atomic mass is 19.1. The van der Waals surface area contributed by atoms with Gasteiger partial charge in [0.05, 0.1) is 11.8 Å². The number of halogens is 1. The van der Waals surface area contributed by atoms with Crippen molar-refractivity contribution >= 4 is 11.7 Å². The Morgan fingerprint density at radius 2 is 1.96 bits per heavy atom. The minimum Gasteiger partial charge on any atom is -0.464 e. The van der Waals surface area contributed by atoms with E-state index in [-0.39, 0.29) is 11.5 Å². The van der Waals surface area contributed by atoms with Gasteiger partial charge in [0.2, 0.25) is 0 Å². The van der Waals surface area contributed by atoms with Crippen LogP contribution in [0, 0.1) is 12.7 Å². The topological polar surface area (TPSA) is 73.2 Å². The number of nitrogens with zero attached hydrogens (tertiary/aromatic N) is 2. The molecule has 0 fully saturated rings. The number of hydrogen-bond acceptors (Lipinski definition) is 4. The van der Waals surface area contributed by atoms with E-state index in [0.717, 1.165) is 11.5 Å². The Labute approximate surface area is 154 Å². The molecule has 0 saturated heterocycles. The average Bonchev–Trinajstić information content (AvgIpc) is 3.38. The Hall–Kier alpha value is -3.61. The van der Waals surface area contributed by atoms with Crippen LogP contribution in [0.25, 0.3) is 11.3 Å². The minimum atomic E-state index is -0.449. The third kappa shape index (κ3) is 3.52. The lowest BCUT2D eigenvalue weighted by atomic mass is 10.1. The average molecular weight is 365 g/mol. The summed E-state index contributed by atoms with van der Waals surface area (Å²) in [6, 6.07) is 14.7. The van der Waals surface area contributed by atoms with Gasteiger partial charge in [-0.3, -0.25) is 4.79 Å². The van der Waals surface area contributed by atoms with E-state index in [4.69, 9.17) is 8.83 Å². The Morgan fingerprint density at radius 1 is 1.11 bits per heavy atom. The van der Waals surface area contributed by atoms with Gasteiger partial charge in [-0.1, -0.05) is 12.1 Å². The Kier molecular flexibility index (Phi) is 4.33. The molecule has 0 aliphatic rings. The molecule has 7 heteroatoms. The van der Waals surface area contributed by atoms with Crippen molar-refractivity contribution in [1.29, 1.82) is 0 Å². The highest BCUT2D eigenvalue weighted by Gasteiger charge is 2.16. The van der Waals surface area contributed by atoms with Crippen molar-refractivity contribution in [3.63, 3.8) is 0 Å². The predicted octanol–water partition coefficient (Wildman–Crippen LogP) is 4.48. The lowest BCUT2D eigenvalue weighted by Gasteiger charge is -2.06. The van der Waals surface area contributed by atoms with Crippen molar-refractivity contribution < 1.29 is 18.0 Å². The van der Waals surface area contributed by atoms with Crippen molar-refractivity contribution in [3.8, 4) is 11.3 Å². The molecular formula is C20H16FN3O3. The van der Waals surface area contributed by atoms with Crippen molar-refractivity contribution in [1.82, 2.24) is 9.78 Å². The summed E-state index contributed by atoms with van der Waals surface area (Å²) in [4.78, 5) is 12.5. The fourth-order valence-electron chi connectivity index (χ4n) is 2.73. The van der Waals surface area contributed by atoms with E-state index in [1.165, 1.54) is 12.1 Å². The number of hydrogen-bond donors (Lipinski definition) is 1. The van der Waals surface area contributed by atoms with Gasteiger partial charge in [-0.25, -0.2) is 9.07 Å². The first kappa shape index (κ1) is 16.8.